The van der Waals surface area contributed by atoms with E-state index >= 15 is 0 Å². The smallest absolute Gasteiger partial charge is 0.0535 e. The Labute approximate surface area is 165 Å². The molecule has 2 aromatic carbocycles. The zero-order valence-electron chi connectivity index (χ0n) is 16.7. The first-order valence-corrected chi connectivity index (χ1v) is 10.0. The third kappa shape index (κ3) is 3.06. The molecule has 0 aliphatic rings. The average Bonchev–Trinajstić information content (AvgIpc) is 3.23. The second-order valence-corrected chi connectivity index (χ2v) is 9.02. The lowest BCUT2D eigenvalue weighted by Crippen LogP contribution is -2.21. The topological polar surface area (TPSA) is 31.6 Å². The van der Waals surface area contributed by atoms with Gasteiger partial charge in [-0.2, -0.15) is 0 Å². The van der Waals surface area contributed by atoms with Crippen LogP contribution in [0.2, 0.25) is 5.02 Å². The number of hydrogen-bond acceptors (Lipinski definition) is 0. The second-order valence-electron chi connectivity index (χ2n) is 8.64. The quantitative estimate of drug-likeness (QED) is 0.374. The van der Waals surface area contributed by atoms with E-state index in [0.717, 1.165) is 17.0 Å². The fraction of sp³-hybridized carbons (Fsp3) is 0.333. The van der Waals surface area contributed by atoms with Gasteiger partial charge in [-0.1, -0.05) is 63.6 Å². The second kappa shape index (κ2) is 6.45. The summed E-state index contributed by atoms with van der Waals surface area (Å²) in [7, 11) is 0. The van der Waals surface area contributed by atoms with Gasteiger partial charge in [-0.25, -0.2) is 0 Å². The highest BCUT2D eigenvalue weighted by molar-refractivity contribution is 6.36. The van der Waals surface area contributed by atoms with Gasteiger partial charge in [0, 0.05) is 33.7 Å². The van der Waals surface area contributed by atoms with Crippen LogP contribution in [0.1, 0.15) is 56.0 Å². The molecule has 0 unspecified atom stereocenters. The molecule has 0 saturated heterocycles. The van der Waals surface area contributed by atoms with Gasteiger partial charge in [-0.15, -0.1) is 0 Å². The molecule has 0 aliphatic carbocycles. The van der Waals surface area contributed by atoms with Crippen molar-refractivity contribution >= 4 is 33.4 Å². The van der Waals surface area contributed by atoms with E-state index in [0.29, 0.717) is 5.92 Å². The molecule has 0 atom stereocenters. The Hall–Kier alpha value is -2.19. The predicted octanol–water partition coefficient (Wildman–Crippen LogP) is 7.25. The van der Waals surface area contributed by atoms with Gasteiger partial charge in [-0.05, 0) is 53.5 Å². The van der Waals surface area contributed by atoms with Gasteiger partial charge >= 0.3 is 0 Å². The molecule has 2 nitrogen and oxygen atoms in total. The summed E-state index contributed by atoms with van der Waals surface area (Å²) in [4.78, 5) is 7.02. The van der Waals surface area contributed by atoms with Gasteiger partial charge < -0.3 is 9.97 Å². The van der Waals surface area contributed by atoms with Crippen LogP contribution in [0, 0.1) is 6.92 Å². The number of rotatable bonds is 4. The number of aromatic nitrogens is 2. The Bertz CT molecular complexity index is 1130. The number of nitrogens with one attached hydrogen (secondary N) is 2. The van der Waals surface area contributed by atoms with Crippen molar-refractivity contribution in [2.45, 2.75) is 52.4 Å². The van der Waals surface area contributed by atoms with Crippen molar-refractivity contribution in [3.63, 3.8) is 0 Å². The van der Waals surface area contributed by atoms with Crippen LogP contribution in [0.4, 0.5) is 0 Å². The summed E-state index contributed by atoms with van der Waals surface area (Å²) < 4.78 is 0. The van der Waals surface area contributed by atoms with Crippen molar-refractivity contribution < 1.29 is 0 Å². The van der Waals surface area contributed by atoms with Gasteiger partial charge in [0.05, 0.1) is 5.02 Å². The first-order chi connectivity index (χ1) is 12.8. The molecule has 3 heteroatoms. The zero-order chi connectivity index (χ0) is 19.3. The van der Waals surface area contributed by atoms with E-state index in [4.69, 9.17) is 11.6 Å². The van der Waals surface area contributed by atoms with Crippen LogP contribution in [0.25, 0.3) is 21.8 Å². The van der Waals surface area contributed by atoms with Crippen LogP contribution in [-0.4, -0.2) is 9.97 Å². The molecule has 2 N–H and O–H groups in total. The van der Waals surface area contributed by atoms with E-state index in [-0.39, 0.29) is 5.41 Å². The first kappa shape index (κ1) is 18.2. The van der Waals surface area contributed by atoms with Crippen LogP contribution < -0.4 is 0 Å². The Morgan fingerprint density at radius 1 is 1.11 bits per heavy atom. The van der Waals surface area contributed by atoms with E-state index in [1.165, 1.54) is 38.7 Å². The van der Waals surface area contributed by atoms with Gasteiger partial charge in [-0.3, -0.25) is 0 Å². The molecule has 0 aliphatic heterocycles. The molecule has 2 heterocycles. The van der Waals surface area contributed by atoms with Gasteiger partial charge in [0.15, 0.2) is 0 Å². The highest BCUT2D eigenvalue weighted by Crippen LogP contribution is 2.37. The summed E-state index contributed by atoms with van der Waals surface area (Å²) in [5.41, 5.74) is 7.32. The summed E-state index contributed by atoms with van der Waals surface area (Å²) in [6.45, 7) is 11.1. The number of benzene rings is 2. The molecule has 0 saturated carbocycles. The number of H-pyrrole nitrogens is 2. The average molecular weight is 379 g/mol. The molecular weight excluding hydrogens is 352 g/mol. The lowest BCUT2D eigenvalue weighted by atomic mass is 9.82. The predicted molar refractivity (Wildman–Crippen MR) is 117 cm³/mol. The molecule has 0 fully saturated rings. The molecule has 2 aromatic heterocycles. The normalized spacial score (nSPS) is 12.6. The fourth-order valence-corrected chi connectivity index (χ4v) is 4.43. The molecule has 0 bridgehead atoms. The lowest BCUT2D eigenvalue weighted by Gasteiger charge is -2.24. The Morgan fingerprint density at radius 2 is 1.89 bits per heavy atom. The molecule has 4 rings (SSSR count). The van der Waals surface area contributed by atoms with Gasteiger partial charge in [0.1, 0.15) is 0 Å². The van der Waals surface area contributed by atoms with Crippen molar-refractivity contribution in [2.75, 3.05) is 0 Å². The minimum atomic E-state index is -0.0446. The monoisotopic (exact) mass is 378 g/mol. The van der Waals surface area contributed by atoms with Crippen LogP contribution in [0.5, 0.6) is 0 Å². The Morgan fingerprint density at radius 3 is 2.59 bits per heavy atom. The third-order valence-corrected chi connectivity index (χ3v) is 6.17. The number of hydrogen-bond donors (Lipinski definition) is 2. The number of para-hydroxylation sites is 1. The largest absolute Gasteiger partial charge is 0.361 e. The Kier molecular flexibility index (Phi) is 4.35. The molecule has 4 aromatic rings. The van der Waals surface area contributed by atoms with Gasteiger partial charge in [0.25, 0.3) is 0 Å². The van der Waals surface area contributed by atoms with Crippen molar-refractivity contribution in [1.29, 1.82) is 0 Å². The van der Waals surface area contributed by atoms with Gasteiger partial charge in [0.2, 0.25) is 0 Å². The standard InChI is InChI=1S/C24H27ClN2/c1-14(2)18-13-26-19-10-9-17(22(25)21(18)19)12-24(4,5)20-11-16-8-6-7-15(3)23(16)27-20/h6-11,13-14,26-27H,12H2,1-5H3. The summed E-state index contributed by atoms with van der Waals surface area (Å²) in [5, 5.41) is 3.33. The highest BCUT2D eigenvalue weighted by atomic mass is 35.5. The molecule has 0 spiro atoms. The first-order valence-electron chi connectivity index (χ1n) is 9.65. The van der Waals surface area contributed by atoms with Crippen LogP contribution in [0.3, 0.4) is 0 Å². The van der Waals surface area contributed by atoms with Crippen molar-refractivity contribution in [3.05, 3.63) is 70.0 Å². The summed E-state index contributed by atoms with van der Waals surface area (Å²) >= 11 is 6.90. The molecule has 0 amide bonds. The number of aromatic amines is 2. The zero-order valence-corrected chi connectivity index (χ0v) is 17.5. The summed E-state index contributed by atoms with van der Waals surface area (Å²) in [6, 6.07) is 13.1. The third-order valence-electron chi connectivity index (χ3n) is 5.74. The van der Waals surface area contributed by atoms with E-state index in [2.05, 4.69) is 87.2 Å². The van der Waals surface area contributed by atoms with E-state index in [1.54, 1.807) is 0 Å². The van der Waals surface area contributed by atoms with E-state index in [9.17, 15) is 0 Å². The van der Waals surface area contributed by atoms with Crippen molar-refractivity contribution in [1.82, 2.24) is 9.97 Å². The maximum Gasteiger partial charge on any atom is 0.0535 e. The number of fused-ring (bicyclic) bond motifs is 2. The maximum atomic E-state index is 6.90. The Balaban J connectivity index is 1.76. The van der Waals surface area contributed by atoms with E-state index in [1.807, 2.05) is 0 Å². The molecule has 140 valence electrons. The van der Waals surface area contributed by atoms with Crippen LogP contribution in [0.15, 0.2) is 42.6 Å². The number of aryl methyl sites for hydroxylation is 1. The number of halogens is 1. The summed E-state index contributed by atoms with van der Waals surface area (Å²) in [5.74, 6) is 0.441. The molecular formula is C24H27ClN2. The minimum absolute atomic E-state index is 0.0446. The van der Waals surface area contributed by atoms with Crippen LogP contribution in [-0.2, 0) is 11.8 Å². The van der Waals surface area contributed by atoms with E-state index < -0.39 is 0 Å². The summed E-state index contributed by atoms with van der Waals surface area (Å²) in [6.07, 6.45) is 2.98. The lowest BCUT2D eigenvalue weighted by molar-refractivity contribution is 0.510. The SMILES string of the molecule is Cc1cccc2cc(C(C)(C)Cc3ccc4[nH]cc(C(C)C)c4c3Cl)[nH]c12. The van der Waals surface area contributed by atoms with Crippen molar-refractivity contribution in [2.24, 2.45) is 0 Å². The van der Waals surface area contributed by atoms with Crippen molar-refractivity contribution in [3.8, 4) is 0 Å². The maximum absolute atomic E-state index is 6.90. The highest BCUT2D eigenvalue weighted by Gasteiger charge is 2.26. The minimum Gasteiger partial charge on any atom is -0.361 e. The van der Waals surface area contributed by atoms with Crippen LogP contribution >= 0.6 is 11.6 Å². The fourth-order valence-electron chi connectivity index (χ4n) is 4.08. The molecule has 27 heavy (non-hydrogen) atoms. The molecule has 0 radical (unpaired) electrons.